The minimum absolute atomic E-state index is 0.267. The Morgan fingerprint density at radius 1 is 0.870 bits per heavy atom. The molecule has 6 heteroatoms. The maximum atomic E-state index is 12.3. The number of hydrogen-bond donors (Lipinski definition) is 1. The number of sulfonamides is 1. The summed E-state index contributed by atoms with van der Waals surface area (Å²) < 4.78 is 27.2. The number of hydrogen-bond acceptors (Lipinski definition) is 4. The quantitative estimate of drug-likeness (QED) is 0.933. The summed E-state index contributed by atoms with van der Waals surface area (Å²) in [5.74, 6) is 0. The monoisotopic (exact) mass is 331 g/mol. The van der Waals surface area contributed by atoms with Crippen molar-refractivity contribution in [2.24, 2.45) is 0 Å². The van der Waals surface area contributed by atoms with E-state index in [9.17, 15) is 8.42 Å². The van der Waals surface area contributed by atoms with Crippen LogP contribution in [0.2, 0.25) is 0 Å². The summed E-state index contributed by atoms with van der Waals surface area (Å²) in [4.78, 5) is 4.89. The minimum Gasteiger partial charge on any atom is -0.369 e. The van der Waals surface area contributed by atoms with E-state index in [1.807, 2.05) is 24.3 Å². The van der Waals surface area contributed by atoms with Crippen molar-refractivity contribution < 1.29 is 8.42 Å². The normalized spacial score (nSPS) is 16.3. The lowest BCUT2D eigenvalue weighted by atomic mass is 10.2. The first kappa shape index (κ1) is 15.8. The van der Waals surface area contributed by atoms with Crippen LogP contribution in [0, 0.1) is 0 Å². The van der Waals surface area contributed by atoms with Gasteiger partial charge in [0.2, 0.25) is 0 Å². The van der Waals surface area contributed by atoms with Crippen molar-refractivity contribution in [2.75, 3.05) is 42.8 Å². The summed E-state index contributed by atoms with van der Waals surface area (Å²) in [6.45, 7) is 4.07. The van der Waals surface area contributed by atoms with Gasteiger partial charge in [-0.2, -0.15) is 0 Å². The lowest BCUT2D eigenvalue weighted by molar-refractivity contribution is 0.313. The van der Waals surface area contributed by atoms with E-state index in [0.29, 0.717) is 5.69 Å². The van der Waals surface area contributed by atoms with E-state index in [2.05, 4.69) is 21.6 Å². The molecule has 0 saturated carbocycles. The van der Waals surface area contributed by atoms with Gasteiger partial charge in [-0.1, -0.05) is 18.2 Å². The minimum atomic E-state index is -3.53. The zero-order valence-corrected chi connectivity index (χ0v) is 14.0. The second kappa shape index (κ2) is 6.60. The van der Waals surface area contributed by atoms with E-state index in [1.54, 1.807) is 30.3 Å². The molecule has 0 radical (unpaired) electrons. The van der Waals surface area contributed by atoms with E-state index in [0.717, 1.165) is 31.9 Å². The van der Waals surface area contributed by atoms with Crippen LogP contribution in [0.5, 0.6) is 0 Å². The molecule has 2 aromatic carbocycles. The van der Waals surface area contributed by atoms with Crippen LogP contribution in [-0.2, 0) is 10.0 Å². The first-order valence-corrected chi connectivity index (χ1v) is 9.14. The van der Waals surface area contributed by atoms with Gasteiger partial charge in [0.05, 0.1) is 4.90 Å². The summed E-state index contributed by atoms with van der Waals surface area (Å²) in [5, 5.41) is 0. The number of benzene rings is 2. The zero-order valence-electron chi connectivity index (χ0n) is 13.1. The molecule has 0 unspecified atom stereocenters. The highest BCUT2D eigenvalue weighted by Gasteiger charge is 2.16. The second-order valence-electron chi connectivity index (χ2n) is 5.76. The van der Waals surface area contributed by atoms with E-state index in [1.165, 1.54) is 0 Å². The first-order chi connectivity index (χ1) is 11.0. The zero-order chi connectivity index (χ0) is 16.3. The van der Waals surface area contributed by atoms with E-state index in [-0.39, 0.29) is 4.90 Å². The molecular weight excluding hydrogens is 310 g/mol. The number of nitrogens with zero attached hydrogens (tertiary/aromatic N) is 2. The average molecular weight is 331 g/mol. The van der Waals surface area contributed by atoms with E-state index >= 15 is 0 Å². The van der Waals surface area contributed by atoms with Crippen molar-refractivity contribution in [2.45, 2.75) is 4.90 Å². The van der Waals surface area contributed by atoms with Crippen LogP contribution in [0.1, 0.15) is 0 Å². The highest BCUT2D eigenvalue weighted by molar-refractivity contribution is 7.92. The van der Waals surface area contributed by atoms with Crippen molar-refractivity contribution in [3.8, 4) is 0 Å². The Hall–Kier alpha value is -2.05. The summed E-state index contributed by atoms with van der Waals surface area (Å²) >= 11 is 0. The maximum Gasteiger partial charge on any atom is 0.261 e. The Morgan fingerprint density at radius 3 is 2.09 bits per heavy atom. The molecule has 0 aliphatic carbocycles. The largest absolute Gasteiger partial charge is 0.369 e. The Labute approximate surface area is 137 Å². The Kier molecular flexibility index (Phi) is 4.54. The van der Waals surface area contributed by atoms with Gasteiger partial charge in [-0.15, -0.1) is 0 Å². The molecule has 0 aromatic heterocycles. The fraction of sp³-hybridized carbons (Fsp3) is 0.294. The number of rotatable bonds is 4. The van der Waals surface area contributed by atoms with Gasteiger partial charge in [-0.25, -0.2) is 8.42 Å². The van der Waals surface area contributed by atoms with Gasteiger partial charge in [0, 0.05) is 37.6 Å². The van der Waals surface area contributed by atoms with Crippen molar-refractivity contribution in [3.05, 3.63) is 54.6 Å². The van der Waals surface area contributed by atoms with E-state index < -0.39 is 10.0 Å². The van der Waals surface area contributed by atoms with Gasteiger partial charge >= 0.3 is 0 Å². The highest BCUT2D eigenvalue weighted by Crippen LogP contribution is 2.21. The van der Waals surface area contributed by atoms with E-state index in [4.69, 9.17) is 0 Å². The standard InChI is InChI=1S/C17H21N3O2S/c1-19-11-13-20(14-12-19)16-9-7-15(8-10-16)18-23(21,22)17-5-3-2-4-6-17/h2-10,18H,11-14H2,1H3. The van der Waals surface area contributed by atoms with Gasteiger partial charge in [-0.05, 0) is 43.4 Å². The van der Waals surface area contributed by atoms with Gasteiger partial charge in [0.15, 0.2) is 0 Å². The van der Waals surface area contributed by atoms with Crippen LogP contribution in [0.25, 0.3) is 0 Å². The van der Waals surface area contributed by atoms with Crippen molar-refractivity contribution in [3.63, 3.8) is 0 Å². The number of anilines is 2. The fourth-order valence-corrected chi connectivity index (χ4v) is 3.70. The third-order valence-electron chi connectivity index (χ3n) is 4.04. The second-order valence-corrected chi connectivity index (χ2v) is 7.44. The van der Waals surface area contributed by atoms with Crippen LogP contribution >= 0.6 is 0 Å². The Bertz CT molecular complexity index is 737. The molecule has 23 heavy (non-hydrogen) atoms. The third-order valence-corrected chi connectivity index (χ3v) is 5.44. The maximum absolute atomic E-state index is 12.3. The summed E-state index contributed by atoms with van der Waals surface area (Å²) in [5.41, 5.74) is 1.70. The molecule has 1 heterocycles. The smallest absolute Gasteiger partial charge is 0.261 e. The molecule has 0 spiro atoms. The predicted molar refractivity (Wildman–Crippen MR) is 93.4 cm³/mol. The third kappa shape index (κ3) is 3.83. The van der Waals surface area contributed by atoms with Crippen LogP contribution < -0.4 is 9.62 Å². The van der Waals surface area contributed by atoms with Crippen LogP contribution in [0.4, 0.5) is 11.4 Å². The molecular formula is C17H21N3O2S. The number of piperazine rings is 1. The molecule has 5 nitrogen and oxygen atoms in total. The summed E-state index contributed by atoms with van der Waals surface area (Å²) in [7, 11) is -1.40. The van der Waals surface area contributed by atoms with Crippen LogP contribution in [-0.4, -0.2) is 46.5 Å². The number of likely N-dealkylation sites (N-methyl/N-ethyl adjacent to an activating group) is 1. The molecule has 1 aliphatic rings. The Morgan fingerprint density at radius 2 is 1.48 bits per heavy atom. The summed E-state index contributed by atoms with van der Waals surface area (Å²) in [6.07, 6.45) is 0. The SMILES string of the molecule is CN1CCN(c2ccc(NS(=O)(=O)c3ccccc3)cc2)CC1. The highest BCUT2D eigenvalue weighted by atomic mass is 32.2. The topological polar surface area (TPSA) is 52.6 Å². The van der Waals surface area contributed by atoms with Gasteiger partial charge in [0.1, 0.15) is 0 Å². The molecule has 0 bridgehead atoms. The molecule has 2 aromatic rings. The molecule has 0 amide bonds. The molecule has 1 fully saturated rings. The Balaban J connectivity index is 1.70. The lowest BCUT2D eigenvalue weighted by Gasteiger charge is -2.34. The van der Waals surface area contributed by atoms with Gasteiger partial charge in [0.25, 0.3) is 10.0 Å². The van der Waals surface area contributed by atoms with Gasteiger partial charge in [-0.3, -0.25) is 4.72 Å². The molecule has 122 valence electrons. The molecule has 1 aliphatic heterocycles. The number of nitrogens with one attached hydrogen (secondary N) is 1. The predicted octanol–water partition coefficient (Wildman–Crippen LogP) is 2.24. The molecule has 1 saturated heterocycles. The average Bonchev–Trinajstić information content (AvgIpc) is 2.57. The van der Waals surface area contributed by atoms with Crippen LogP contribution in [0.3, 0.4) is 0 Å². The first-order valence-electron chi connectivity index (χ1n) is 7.66. The molecule has 1 N–H and O–H groups in total. The fourth-order valence-electron chi connectivity index (χ4n) is 2.62. The van der Waals surface area contributed by atoms with Crippen LogP contribution in [0.15, 0.2) is 59.5 Å². The molecule has 3 rings (SSSR count). The lowest BCUT2D eigenvalue weighted by Crippen LogP contribution is -2.44. The van der Waals surface area contributed by atoms with Crippen molar-refractivity contribution in [1.82, 2.24) is 4.90 Å². The van der Waals surface area contributed by atoms with Crippen molar-refractivity contribution >= 4 is 21.4 Å². The summed E-state index contributed by atoms with van der Waals surface area (Å²) in [6, 6.07) is 16.0. The van der Waals surface area contributed by atoms with Gasteiger partial charge < -0.3 is 9.80 Å². The molecule has 0 atom stereocenters. The van der Waals surface area contributed by atoms with Crippen molar-refractivity contribution in [1.29, 1.82) is 0 Å².